The minimum Gasteiger partial charge on any atom is -0.496 e. The lowest BCUT2D eigenvalue weighted by molar-refractivity contribution is 0.303. The van der Waals surface area contributed by atoms with Gasteiger partial charge in [0.05, 0.1) is 24.2 Å². The van der Waals surface area contributed by atoms with Crippen molar-refractivity contribution in [2.75, 3.05) is 12.5 Å². The predicted octanol–water partition coefficient (Wildman–Crippen LogP) is 6.38. The fourth-order valence-corrected chi connectivity index (χ4v) is 3.85. The van der Waals surface area contributed by atoms with Gasteiger partial charge in [-0.25, -0.2) is 14.2 Å². The van der Waals surface area contributed by atoms with Crippen molar-refractivity contribution in [3.8, 4) is 22.9 Å². The van der Waals surface area contributed by atoms with E-state index < -0.39 is 5.82 Å². The molecule has 1 heterocycles. The standard InChI is InChI=1S/C23H19Cl2FN4O2S/c1-31-21-5-3-2-4-18(21)22-28-29-23(33)30(22)27-12-15-10-16(24)7-9-20(15)32-13-14-6-8-17(26)11-19(14)25/h2-11,27H,12-13H2,1H3,(H,29,33). The summed E-state index contributed by atoms with van der Waals surface area (Å²) in [5, 5.41) is 8.00. The molecule has 4 aromatic rings. The van der Waals surface area contributed by atoms with Gasteiger partial charge in [0.15, 0.2) is 5.82 Å². The molecule has 170 valence electrons. The maximum atomic E-state index is 13.3. The van der Waals surface area contributed by atoms with Gasteiger partial charge in [0.1, 0.15) is 23.9 Å². The van der Waals surface area contributed by atoms with Gasteiger partial charge in [-0.3, -0.25) is 0 Å². The highest BCUT2D eigenvalue weighted by atomic mass is 35.5. The summed E-state index contributed by atoms with van der Waals surface area (Å²) >= 11 is 17.8. The molecule has 0 unspecified atom stereocenters. The van der Waals surface area contributed by atoms with Gasteiger partial charge in [0, 0.05) is 16.1 Å². The van der Waals surface area contributed by atoms with Crippen LogP contribution in [0.4, 0.5) is 4.39 Å². The van der Waals surface area contributed by atoms with Crippen molar-refractivity contribution in [2.45, 2.75) is 13.2 Å². The van der Waals surface area contributed by atoms with Crippen LogP contribution in [-0.2, 0) is 13.2 Å². The monoisotopic (exact) mass is 504 g/mol. The number of nitrogens with one attached hydrogen (secondary N) is 2. The SMILES string of the molecule is COc1ccccc1-c1n[nH]c(=S)n1NCc1cc(Cl)ccc1OCc1ccc(F)cc1Cl. The first-order valence-electron chi connectivity index (χ1n) is 9.86. The van der Waals surface area contributed by atoms with Gasteiger partial charge in [-0.05, 0) is 54.7 Å². The first-order chi connectivity index (χ1) is 16.0. The highest BCUT2D eigenvalue weighted by Crippen LogP contribution is 2.29. The van der Waals surface area contributed by atoms with Gasteiger partial charge in [-0.15, -0.1) is 0 Å². The molecule has 33 heavy (non-hydrogen) atoms. The first kappa shape index (κ1) is 23.1. The van der Waals surface area contributed by atoms with Crippen molar-refractivity contribution in [3.63, 3.8) is 0 Å². The Morgan fingerprint density at radius 1 is 1.06 bits per heavy atom. The fourth-order valence-electron chi connectivity index (χ4n) is 3.24. The summed E-state index contributed by atoms with van der Waals surface area (Å²) in [5.74, 6) is 1.43. The van der Waals surface area contributed by atoms with Crippen LogP contribution in [0.3, 0.4) is 0 Å². The zero-order valence-electron chi connectivity index (χ0n) is 17.4. The van der Waals surface area contributed by atoms with Gasteiger partial charge in [0.25, 0.3) is 0 Å². The van der Waals surface area contributed by atoms with Crippen LogP contribution in [0.2, 0.25) is 10.0 Å². The predicted molar refractivity (Wildman–Crippen MR) is 130 cm³/mol. The highest BCUT2D eigenvalue weighted by Gasteiger charge is 2.14. The molecule has 3 aromatic carbocycles. The summed E-state index contributed by atoms with van der Waals surface area (Å²) < 4.78 is 26.8. The normalized spacial score (nSPS) is 10.8. The van der Waals surface area contributed by atoms with E-state index in [4.69, 9.17) is 44.9 Å². The second kappa shape index (κ2) is 10.2. The molecular formula is C23H19Cl2FN4O2S. The number of aromatic nitrogens is 3. The van der Waals surface area contributed by atoms with E-state index >= 15 is 0 Å². The number of para-hydroxylation sites is 1. The van der Waals surface area contributed by atoms with Crippen LogP contribution in [-0.4, -0.2) is 22.0 Å². The van der Waals surface area contributed by atoms with Crippen molar-refractivity contribution in [1.82, 2.24) is 14.9 Å². The van der Waals surface area contributed by atoms with Crippen molar-refractivity contribution in [1.29, 1.82) is 0 Å². The molecule has 0 saturated carbocycles. The second-order valence-electron chi connectivity index (χ2n) is 7.00. The topological polar surface area (TPSA) is 64.1 Å². The molecule has 6 nitrogen and oxygen atoms in total. The minimum atomic E-state index is -0.400. The highest BCUT2D eigenvalue weighted by molar-refractivity contribution is 7.71. The lowest BCUT2D eigenvalue weighted by Crippen LogP contribution is -2.16. The summed E-state index contributed by atoms with van der Waals surface area (Å²) in [4.78, 5) is 0. The summed E-state index contributed by atoms with van der Waals surface area (Å²) in [6.45, 7) is 0.508. The van der Waals surface area contributed by atoms with Crippen LogP contribution in [0.25, 0.3) is 11.4 Å². The number of nitrogens with zero attached hydrogens (tertiary/aromatic N) is 2. The number of hydrogen-bond donors (Lipinski definition) is 2. The molecule has 0 fully saturated rings. The molecule has 1 aromatic heterocycles. The Morgan fingerprint density at radius 3 is 2.67 bits per heavy atom. The maximum Gasteiger partial charge on any atom is 0.214 e. The molecule has 0 radical (unpaired) electrons. The van der Waals surface area contributed by atoms with Crippen LogP contribution in [0.15, 0.2) is 60.7 Å². The summed E-state index contributed by atoms with van der Waals surface area (Å²) in [5.41, 5.74) is 5.49. The zero-order chi connectivity index (χ0) is 23.4. The maximum absolute atomic E-state index is 13.3. The van der Waals surface area contributed by atoms with E-state index in [2.05, 4.69) is 15.6 Å². The van der Waals surface area contributed by atoms with Crippen LogP contribution in [0.5, 0.6) is 11.5 Å². The second-order valence-corrected chi connectivity index (χ2v) is 8.23. The molecular weight excluding hydrogens is 486 g/mol. The Hall–Kier alpha value is -3.07. The lowest BCUT2D eigenvalue weighted by atomic mass is 10.2. The Bertz CT molecular complexity index is 1340. The molecule has 0 saturated heterocycles. The third-order valence-electron chi connectivity index (χ3n) is 4.87. The Morgan fingerprint density at radius 2 is 1.88 bits per heavy atom. The van der Waals surface area contributed by atoms with Crippen molar-refractivity contribution < 1.29 is 13.9 Å². The van der Waals surface area contributed by atoms with E-state index in [-0.39, 0.29) is 6.61 Å². The number of benzene rings is 3. The number of H-pyrrole nitrogens is 1. The molecule has 0 aliphatic rings. The zero-order valence-corrected chi connectivity index (χ0v) is 19.8. The summed E-state index contributed by atoms with van der Waals surface area (Å²) in [6, 6.07) is 17.0. The number of aromatic amines is 1. The van der Waals surface area contributed by atoms with Crippen LogP contribution in [0.1, 0.15) is 11.1 Å². The van der Waals surface area contributed by atoms with Crippen molar-refractivity contribution in [2.24, 2.45) is 0 Å². The van der Waals surface area contributed by atoms with E-state index in [0.29, 0.717) is 44.2 Å². The number of methoxy groups -OCH3 is 1. The Balaban J connectivity index is 1.57. The van der Waals surface area contributed by atoms with E-state index in [1.54, 1.807) is 36.1 Å². The quantitative estimate of drug-likeness (QED) is 0.272. The van der Waals surface area contributed by atoms with Gasteiger partial charge in [-0.1, -0.05) is 41.4 Å². The van der Waals surface area contributed by atoms with Crippen LogP contribution >= 0.6 is 35.4 Å². The van der Waals surface area contributed by atoms with Gasteiger partial charge < -0.3 is 14.9 Å². The number of halogens is 3. The molecule has 4 rings (SSSR count). The Labute approximate surface area is 204 Å². The lowest BCUT2D eigenvalue weighted by Gasteiger charge is -2.16. The molecule has 0 amide bonds. The van der Waals surface area contributed by atoms with Crippen molar-refractivity contribution >= 4 is 35.4 Å². The van der Waals surface area contributed by atoms with E-state index in [0.717, 1.165) is 11.1 Å². The molecule has 0 aliphatic heterocycles. The van der Waals surface area contributed by atoms with E-state index in [1.165, 1.54) is 12.1 Å². The van der Waals surface area contributed by atoms with Gasteiger partial charge in [-0.2, -0.15) is 5.10 Å². The molecule has 10 heteroatoms. The molecule has 0 atom stereocenters. The van der Waals surface area contributed by atoms with Gasteiger partial charge >= 0.3 is 0 Å². The van der Waals surface area contributed by atoms with E-state index in [1.807, 2.05) is 24.3 Å². The third kappa shape index (κ3) is 5.30. The van der Waals surface area contributed by atoms with Crippen LogP contribution < -0.4 is 14.9 Å². The van der Waals surface area contributed by atoms with Crippen LogP contribution in [0, 0.1) is 10.6 Å². The van der Waals surface area contributed by atoms with E-state index in [9.17, 15) is 4.39 Å². The molecule has 0 spiro atoms. The number of hydrogen-bond acceptors (Lipinski definition) is 5. The van der Waals surface area contributed by atoms with Crippen molar-refractivity contribution in [3.05, 3.63) is 92.4 Å². The first-order valence-corrected chi connectivity index (χ1v) is 11.0. The molecule has 0 bridgehead atoms. The summed E-state index contributed by atoms with van der Waals surface area (Å²) in [6.07, 6.45) is 0. The average Bonchev–Trinajstić information content (AvgIpc) is 3.18. The molecule has 0 aliphatic carbocycles. The minimum absolute atomic E-state index is 0.172. The smallest absolute Gasteiger partial charge is 0.214 e. The average molecular weight is 505 g/mol. The largest absolute Gasteiger partial charge is 0.496 e. The summed E-state index contributed by atoms with van der Waals surface area (Å²) in [7, 11) is 1.60. The number of ether oxygens (including phenoxy) is 2. The third-order valence-corrected chi connectivity index (χ3v) is 5.73. The van der Waals surface area contributed by atoms with Gasteiger partial charge in [0.2, 0.25) is 4.77 Å². The Kier molecular flexibility index (Phi) is 7.17. The molecule has 2 N–H and O–H groups in total. The fraction of sp³-hybridized carbons (Fsp3) is 0.130. The number of rotatable bonds is 8.